The van der Waals surface area contributed by atoms with Crippen molar-refractivity contribution in [2.45, 2.75) is 25.8 Å². The van der Waals surface area contributed by atoms with E-state index in [9.17, 15) is 9.59 Å². The normalized spacial score (nSPS) is 14.0. The Labute approximate surface area is 139 Å². The minimum Gasteiger partial charge on any atom is -0.338 e. The molecular formula is C17H19N3O2S. The highest BCUT2D eigenvalue weighted by atomic mass is 32.1. The van der Waals surface area contributed by atoms with E-state index in [0.29, 0.717) is 13.0 Å². The topological polar surface area (TPSA) is 70.2 Å². The summed E-state index contributed by atoms with van der Waals surface area (Å²) in [6, 6.07) is 7.57. The third-order valence-electron chi connectivity index (χ3n) is 3.88. The van der Waals surface area contributed by atoms with Gasteiger partial charge in [-0.15, -0.1) is 0 Å². The summed E-state index contributed by atoms with van der Waals surface area (Å²) < 4.78 is 0. The molecule has 2 heterocycles. The van der Waals surface area contributed by atoms with Gasteiger partial charge < -0.3 is 16.0 Å². The van der Waals surface area contributed by atoms with Crippen LogP contribution < -0.4 is 16.0 Å². The summed E-state index contributed by atoms with van der Waals surface area (Å²) in [5.41, 5.74) is 4.08. The number of carbonyl (C=O) groups is 2. The number of hydrogen-bond acceptors (Lipinski definition) is 3. The zero-order valence-corrected chi connectivity index (χ0v) is 13.7. The van der Waals surface area contributed by atoms with Crippen LogP contribution in [0.2, 0.25) is 0 Å². The maximum absolute atomic E-state index is 12.0. The number of nitrogens with one attached hydrogen (secondary N) is 3. The Morgan fingerprint density at radius 2 is 2.26 bits per heavy atom. The minimum absolute atomic E-state index is 0.0175. The lowest BCUT2D eigenvalue weighted by atomic mass is 10.0. The number of urea groups is 1. The van der Waals surface area contributed by atoms with Crippen LogP contribution in [0, 0.1) is 0 Å². The fraction of sp³-hybridized carbons (Fsp3) is 0.294. The van der Waals surface area contributed by atoms with Gasteiger partial charge in [-0.2, -0.15) is 11.3 Å². The summed E-state index contributed by atoms with van der Waals surface area (Å²) in [5.74, 6) is 0.0175. The highest BCUT2D eigenvalue weighted by Crippen LogP contribution is 2.26. The van der Waals surface area contributed by atoms with Crippen molar-refractivity contribution in [3.05, 3.63) is 51.7 Å². The van der Waals surface area contributed by atoms with Gasteiger partial charge in [0.1, 0.15) is 0 Å². The average Bonchev–Trinajstić information content (AvgIpc) is 3.14. The summed E-state index contributed by atoms with van der Waals surface area (Å²) in [6.45, 7) is 2.54. The van der Waals surface area contributed by atoms with Gasteiger partial charge in [-0.05, 0) is 52.9 Å². The SMILES string of the molecule is C[C@@H](NC(=O)NCCc1ccsc1)c1ccc2c(c1)CC(=O)N2. The van der Waals surface area contributed by atoms with Crippen LogP contribution in [0.3, 0.4) is 0 Å². The van der Waals surface area contributed by atoms with Gasteiger partial charge in [-0.25, -0.2) is 4.79 Å². The molecule has 0 fully saturated rings. The van der Waals surface area contributed by atoms with E-state index in [1.807, 2.05) is 30.5 Å². The van der Waals surface area contributed by atoms with Crippen molar-refractivity contribution in [3.8, 4) is 0 Å². The van der Waals surface area contributed by atoms with E-state index < -0.39 is 0 Å². The molecule has 0 unspecified atom stereocenters. The molecule has 0 aliphatic carbocycles. The maximum atomic E-state index is 12.0. The average molecular weight is 329 g/mol. The number of carbonyl (C=O) groups excluding carboxylic acids is 2. The second-order valence-electron chi connectivity index (χ2n) is 5.65. The summed E-state index contributed by atoms with van der Waals surface area (Å²) >= 11 is 1.66. The fourth-order valence-electron chi connectivity index (χ4n) is 2.60. The lowest BCUT2D eigenvalue weighted by Gasteiger charge is -2.16. The molecular weight excluding hydrogens is 310 g/mol. The zero-order valence-electron chi connectivity index (χ0n) is 12.9. The molecule has 6 heteroatoms. The number of amides is 3. The van der Waals surface area contributed by atoms with Gasteiger partial charge in [0.15, 0.2) is 0 Å². The molecule has 1 aromatic carbocycles. The monoisotopic (exact) mass is 329 g/mol. The minimum atomic E-state index is -0.178. The van der Waals surface area contributed by atoms with E-state index in [0.717, 1.165) is 23.2 Å². The Bertz CT molecular complexity index is 713. The van der Waals surface area contributed by atoms with Crippen LogP contribution >= 0.6 is 11.3 Å². The summed E-state index contributed by atoms with van der Waals surface area (Å²) in [7, 11) is 0. The van der Waals surface area contributed by atoms with Crippen molar-refractivity contribution >= 4 is 29.0 Å². The molecule has 1 atom stereocenters. The molecule has 1 aliphatic rings. The van der Waals surface area contributed by atoms with Crippen molar-refractivity contribution in [2.75, 3.05) is 11.9 Å². The standard InChI is InChI=1S/C17H19N3O2S/c1-11(13-2-3-15-14(8-13)9-16(21)20-15)19-17(22)18-6-4-12-5-7-23-10-12/h2-3,5,7-8,10-11H,4,6,9H2,1H3,(H,20,21)(H2,18,19,22)/t11-/m1/s1. The van der Waals surface area contributed by atoms with Crippen LogP contribution in [-0.2, 0) is 17.6 Å². The van der Waals surface area contributed by atoms with E-state index in [-0.39, 0.29) is 18.0 Å². The molecule has 5 nitrogen and oxygen atoms in total. The van der Waals surface area contributed by atoms with Crippen LogP contribution in [0.4, 0.5) is 10.5 Å². The summed E-state index contributed by atoms with van der Waals surface area (Å²) in [4.78, 5) is 23.3. The van der Waals surface area contributed by atoms with Crippen LogP contribution in [0.5, 0.6) is 0 Å². The largest absolute Gasteiger partial charge is 0.338 e. The van der Waals surface area contributed by atoms with Crippen molar-refractivity contribution in [1.82, 2.24) is 10.6 Å². The molecule has 1 aromatic heterocycles. The molecule has 120 valence electrons. The molecule has 0 radical (unpaired) electrons. The fourth-order valence-corrected chi connectivity index (χ4v) is 3.31. The van der Waals surface area contributed by atoms with Gasteiger partial charge in [-0.1, -0.05) is 12.1 Å². The number of anilines is 1. The number of thiophene rings is 1. The zero-order chi connectivity index (χ0) is 16.2. The molecule has 0 bridgehead atoms. The first kappa shape index (κ1) is 15.6. The highest BCUT2D eigenvalue weighted by molar-refractivity contribution is 7.07. The number of hydrogen-bond donors (Lipinski definition) is 3. The van der Waals surface area contributed by atoms with Gasteiger partial charge in [0, 0.05) is 12.2 Å². The van der Waals surface area contributed by atoms with E-state index in [4.69, 9.17) is 0 Å². The van der Waals surface area contributed by atoms with Gasteiger partial charge in [0.05, 0.1) is 12.5 Å². The molecule has 3 amide bonds. The Hall–Kier alpha value is -2.34. The molecule has 0 saturated heterocycles. The predicted octanol–water partition coefficient (Wildman–Crippen LogP) is 2.85. The third-order valence-corrected chi connectivity index (χ3v) is 4.61. The Morgan fingerprint density at radius 3 is 3.04 bits per heavy atom. The lowest BCUT2D eigenvalue weighted by Crippen LogP contribution is -2.38. The van der Waals surface area contributed by atoms with Crippen LogP contribution in [-0.4, -0.2) is 18.5 Å². The van der Waals surface area contributed by atoms with E-state index >= 15 is 0 Å². The van der Waals surface area contributed by atoms with Crippen molar-refractivity contribution in [2.24, 2.45) is 0 Å². The first-order valence-electron chi connectivity index (χ1n) is 7.60. The van der Waals surface area contributed by atoms with Crippen LogP contribution in [0.15, 0.2) is 35.0 Å². The van der Waals surface area contributed by atoms with Gasteiger partial charge >= 0.3 is 6.03 Å². The van der Waals surface area contributed by atoms with Crippen LogP contribution in [0.1, 0.15) is 29.7 Å². The smallest absolute Gasteiger partial charge is 0.315 e. The second kappa shape index (κ2) is 6.83. The summed E-state index contributed by atoms with van der Waals surface area (Å²) in [6.07, 6.45) is 1.24. The van der Waals surface area contributed by atoms with Crippen LogP contribution in [0.25, 0.3) is 0 Å². The molecule has 0 saturated carbocycles. The molecule has 23 heavy (non-hydrogen) atoms. The second-order valence-corrected chi connectivity index (χ2v) is 6.43. The van der Waals surface area contributed by atoms with Crippen molar-refractivity contribution in [1.29, 1.82) is 0 Å². The maximum Gasteiger partial charge on any atom is 0.315 e. The quantitative estimate of drug-likeness (QED) is 0.789. The van der Waals surface area contributed by atoms with E-state index in [1.54, 1.807) is 11.3 Å². The van der Waals surface area contributed by atoms with E-state index in [1.165, 1.54) is 5.56 Å². The van der Waals surface area contributed by atoms with Gasteiger partial charge in [0.2, 0.25) is 5.91 Å². The van der Waals surface area contributed by atoms with Gasteiger partial charge in [0.25, 0.3) is 0 Å². The first-order chi connectivity index (χ1) is 11.1. The van der Waals surface area contributed by atoms with Crippen molar-refractivity contribution in [3.63, 3.8) is 0 Å². The Balaban J connectivity index is 1.50. The third kappa shape index (κ3) is 3.90. The predicted molar refractivity (Wildman–Crippen MR) is 91.7 cm³/mol. The Morgan fingerprint density at radius 1 is 1.39 bits per heavy atom. The number of benzene rings is 1. The molecule has 2 aromatic rings. The lowest BCUT2D eigenvalue weighted by molar-refractivity contribution is -0.115. The number of rotatable bonds is 5. The molecule has 1 aliphatic heterocycles. The first-order valence-corrected chi connectivity index (χ1v) is 8.54. The highest BCUT2D eigenvalue weighted by Gasteiger charge is 2.19. The van der Waals surface area contributed by atoms with Crippen molar-refractivity contribution < 1.29 is 9.59 Å². The Kier molecular flexibility index (Phi) is 4.62. The van der Waals surface area contributed by atoms with Gasteiger partial charge in [-0.3, -0.25) is 4.79 Å². The van der Waals surface area contributed by atoms with E-state index in [2.05, 4.69) is 27.4 Å². The summed E-state index contributed by atoms with van der Waals surface area (Å²) in [5, 5.41) is 12.7. The number of fused-ring (bicyclic) bond motifs is 1. The molecule has 3 rings (SSSR count). The molecule has 3 N–H and O–H groups in total. The molecule has 0 spiro atoms.